The van der Waals surface area contributed by atoms with Gasteiger partial charge in [-0.25, -0.2) is 4.68 Å². The van der Waals surface area contributed by atoms with E-state index in [0.717, 1.165) is 11.3 Å². The van der Waals surface area contributed by atoms with E-state index in [9.17, 15) is 9.59 Å². The minimum Gasteiger partial charge on any atom is -0.383 e. The van der Waals surface area contributed by atoms with Crippen molar-refractivity contribution < 1.29 is 14.7 Å². The first-order valence-electron chi connectivity index (χ1n) is 9.21. The molecule has 0 aliphatic carbocycles. The van der Waals surface area contributed by atoms with Crippen LogP contribution in [0.2, 0.25) is 0 Å². The number of aliphatic hydroxyl groups excluding tert-OH is 1. The topological polar surface area (TPSA) is 114 Å². The quantitative estimate of drug-likeness (QED) is 0.639. The molecule has 2 aromatic heterocycles. The summed E-state index contributed by atoms with van der Waals surface area (Å²) >= 11 is 0. The summed E-state index contributed by atoms with van der Waals surface area (Å²) in [6.07, 6.45) is 8.65. The van der Waals surface area contributed by atoms with Crippen LogP contribution in [0.15, 0.2) is 54.9 Å². The molecule has 3 N–H and O–H groups in total. The van der Waals surface area contributed by atoms with Gasteiger partial charge >= 0.3 is 0 Å². The van der Waals surface area contributed by atoms with Gasteiger partial charge in [-0.2, -0.15) is 5.10 Å². The van der Waals surface area contributed by atoms with Crippen LogP contribution in [0.3, 0.4) is 0 Å². The number of benzene rings is 1. The van der Waals surface area contributed by atoms with E-state index in [2.05, 4.69) is 16.0 Å². The number of rotatable bonds is 3. The number of terminal acetylenes is 1. The molecule has 0 spiro atoms. The van der Waals surface area contributed by atoms with Crippen LogP contribution in [0.25, 0.3) is 16.9 Å². The fourth-order valence-corrected chi connectivity index (χ4v) is 2.94. The van der Waals surface area contributed by atoms with Gasteiger partial charge in [0.05, 0.1) is 16.9 Å². The third-order valence-corrected chi connectivity index (χ3v) is 4.57. The van der Waals surface area contributed by atoms with E-state index >= 15 is 0 Å². The van der Waals surface area contributed by atoms with Crippen molar-refractivity contribution >= 4 is 11.8 Å². The van der Waals surface area contributed by atoms with Gasteiger partial charge in [-0.1, -0.05) is 18.1 Å². The van der Waals surface area contributed by atoms with Gasteiger partial charge in [0.15, 0.2) is 5.69 Å². The standard InChI is InChI=1S/C17H12N4O.C5H9NO2/c1-2-12-6-5-7-13(10-12)21-11-14(16(20-21)17(18)22)15-8-3-4-9-19-15;1-6-3-2-4(7)5(6)8/h1,3-11H,(H2,18,22);4,7H,2-3H2,1H3. The minimum absolute atomic E-state index is 0.148. The van der Waals surface area contributed by atoms with Crippen LogP contribution in [0.4, 0.5) is 0 Å². The molecule has 8 heteroatoms. The summed E-state index contributed by atoms with van der Waals surface area (Å²) in [5, 5.41) is 13.0. The van der Waals surface area contributed by atoms with Crippen molar-refractivity contribution in [2.75, 3.05) is 13.6 Å². The van der Waals surface area contributed by atoms with Gasteiger partial charge in [0, 0.05) is 31.5 Å². The molecule has 1 aliphatic heterocycles. The number of aromatic nitrogens is 3. The minimum atomic E-state index is -0.722. The second-order valence-electron chi connectivity index (χ2n) is 6.67. The van der Waals surface area contributed by atoms with Crippen molar-refractivity contribution in [2.45, 2.75) is 12.5 Å². The summed E-state index contributed by atoms with van der Waals surface area (Å²) in [5.41, 5.74) is 8.29. The van der Waals surface area contributed by atoms with Crippen molar-refractivity contribution in [3.05, 3.63) is 66.1 Å². The number of nitrogens with two attached hydrogens (primary N) is 1. The number of carbonyl (C=O) groups excluding carboxylic acids is 2. The normalized spacial score (nSPS) is 15.3. The average molecular weight is 403 g/mol. The van der Waals surface area contributed by atoms with Crippen LogP contribution < -0.4 is 5.73 Å². The third kappa shape index (κ3) is 4.54. The molecule has 0 bridgehead atoms. The van der Waals surface area contributed by atoms with E-state index in [1.807, 2.05) is 24.3 Å². The molecule has 152 valence electrons. The largest absolute Gasteiger partial charge is 0.383 e. The second kappa shape index (κ2) is 9.03. The number of pyridine rings is 1. The fourth-order valence-electron chi connectivity index (χ4n) is 2.94. The Morgan fingerprint density at radius 1 is 1.30 bits per heavy atom. The third-order valence-electron chi connectivity index (χ3n) is 4.57. The Bertz CT molecular complexity index is 1090. The summed E-state index contributed by atoms with van der Waals surface area (Å²) in [6.45, 7) is 0.694. The Morgan fingerprint density at radius 2 is 2.10 bits per heavy atom. The van der Waals surface area contributed by atoms with Crippen LogP contribution in [0.1, 0.15) is 22.5 Å². The Labute approximate surface area is 174 Å². The summed E-state index contributed by atoms with van der Waals surface area (Å²) < 4.78 is 1.57. The number of nitrogens with zero attached hydrogens (tertiary/aromatic N) is 4. The van der Waals surface area contributed by atoms with E-state index in [-0.39, 0.29) is 11.6 Å². The van der Waals surface area contributed by atoms with E-state index in [1.54, 1.807) is 42.3 Å². The maximum absolute atomic E-state index is 11.6. The van der Waals surface area contributed by atoms with Gasteiger partial charge in [-0.15, -0.1) is 6.42 Å². The number of carbonyl (C=O) groups is 2. The Kier molecular flexibility index (Phi) is 6.25. The van der Waals surface area contributed by atoms with Crippen molar-refractivity contribution in [1.29, 1.82) is 0 Å². The number of primary amides is 1. The molecule has 1 saturated heterocycles. The van der Waals surface area contributed by atoms with E-state index < -0.39 is 12.0 Å². The molecule has 1 atom stereocenters. The molecule has 1 aliphatic rings. The van der Waals surface area contributed by atoms with Gasteiger partial charge in [-0.3, -0.25) is 14.6 Å². The number of aliphatic hydroxyl groups is 1. The van der Waals surface area contributed by atoms with E-state index in [1.165, 1.54) is 4.90 Å². The first-order valence-corrected chi connectivity index (χ1v) is 9.21. The van der Waals surface area contributed by atoms with Crippen molar-refractivity contribution in [3.8, 4) is 29.3 Å². The molecular weight excluding hydrogens is 382 g/mol. The zero-order valence-corrected chi connectivity index (χ0v) is 16.4. The molecule has 1 fully saturated rings. The zero-order chi connectivity index (χ0) is 21.7. The van der Waals surface area contributed by atoms with Crippen LogP contribution in [0, 0.1) is 12.3 Å². The SMILES string of the molecule is C#Cc1cccc(-n2cc(-c3ccccn3)c(C(N)=O)n2)c1.CN1CCC(O)C1=O. The van der Waals surface area contributed by atoms with E-state index in [0.29, 0.717) is 24.2 Å². The highest BCUT2D eigenvalue weighted by Gasteiger charge is 2.26. The molecule has 4 rings (SSSR count). The predicted molar refractivity (Wildman–Crippen MR) is 112 cm³/mol. The number of likely N-dealkylation sites (tertiary alicyclic amines) is 1. The molecule has 3 aromatic rings. The Balaban J connectivity index is 0.000000269. The van der Waals surface area contributed by atoms with Crippen LogP contribution in [-0.2, 0) is 4.79 Å². The van der Waals surface area contributed by atoms with Crippen molar-refractivity contribution in [1.82, 2.24) is 19.7 Å². The molecule has 2 amide bonds. The molecule has 30 heavy (non-hydrogen) atoms. The molecule has 3 heterocycles. The maximum atomic E-state index is 11.6. The second-order valence-corrected chi connectivity index (χ2v) is 6.67. The molecule has 8 nitrogen and oxygen atoms in total. The van der Waals surface area contributed by atoms with Gasteiger partial charge in [0.25, 0.3) is 11.8 Å². The lowest BCUT2D eigenvalue weighted by molar-refractivity contribution is -0.133. The Hall–Kier alpha value is -3.96. The summed E-state index contributed by atoms with van der Waals surface area (Å²) in [6, 6.07) is 12.7. The van der Waals surface area contributed by atoms with Crippen LogP contribution in [-0.4, -0.2) is 56.3 Å². The number of hydrogen-bond acceptors (Lipinski definition) is 5. The Morgan fingerprint density at radius 3 is 2.63 bits per heavy atom. The lowest BCUT2D eigenvalue weighted by atomic mass is 10.1. The molecule has 0 saturated carbocycles. The van der Waals surface area contributed by atoms with Gasteiger partial charge in [0.2, 0.25) is 0 Å². The van der Waals surface area contributed by atoms with Crippen molar-refractivity contribution in [2.24, 2.45) is 5.73 Å². The zero-order valence-electron chi connectivity index (χ0n) is 16.4. The van der Waals surface area contributed by atoms with Crippen molar-refractivity contribution in [3.63, 3.8) is 0 Å². The molecule has 1 unspecified atom stereocenters. The first-order chi connectivity index (χ1) is 14.4. The number of hydrogen-bond donors (Lipinski definition) is 2. The highest BCUT2D eigenvalue weighted by molar-refractivity contribution is 5.97. The van der Waals surface area contributed by atoms with Crippen LogP contribution in [0.5, 0.6) is 0 Å². The number of amides is 2. The fraction of sp³-hybridized carbons (Fsp3) is 0.182. The summed E-state index contributed by atoms with van der Waals surface area (Å²) in [7, 11) is 1.69. The van der Waals surface area contributed by atoms with E-state index in [4.69, 9.17) is 17.3 Å². The maximum Gasteiger partial charge on any atom is 0.269 e. The molecule has 1 aromatic carbocycles. The molecular formula is C22H21N5O3. The predicted octanol–water partition coefficient (Wildman–Crippen LogP) is 1.22. The van der Waals surface area contributed by atoms with Gasteiger partial charge in [0.1, 0.15) is 6.10 Å². The smallest absolute Gasteiger partial charge is 0.269 e. The first kappa shape index (κ1) is 20.8. The lowest BCUT2D eigenvalue weighted by Crippen LogP contribution is -2.24. The lowest BCUT2D eigenvalue weighted by Gasteiger charge is -2.04. The summed E-state index contributed by atoms with van der Waals surface area (Å²) in [5.74, 6) is 1.82. The summed E-state index contributed by atoms with van der Waals surface area (Å²) in [4.78, 5) is 28.0. The average Bonchev–Trinajstić information content (AvgIpc) is 3.35. The highest BCUT2D eigenvalue weighted by Crippen LogP contribution is 2.22. The van der Waals surface area contributed by atoms with Gasteiger partial charge < -0.3 is 15.7 Å². The number of likely N-dealkylation sites (N-methyl/N-ethyl adjacent to an activating group) is 1. The monoisotopic (exact) mass is 403 g/mol. The molecule has 0 radical (unpaired) electrons. The van der Waals surface area contributed by atoms with Gasteiger partial charge in [-0.05, 0) is 36.8 Å². The van der Waals surface area contributed by atoms with Crippen LogP contribution >= 0.6 is 0 Å². The highest BCUT2D eigenvalue weighted by atomic mass is 16.3.